The first kappa shape index (κ1) is 63.2. The number of benzene rings is 7. The Bertz CT molecular complexity index is 4960. The van der Waals surface area contributed by atoms with Gasteiger partial charge in [0.25, 0.3) is 17.7 Å². The highest BCUT2D eigenvalue weighted by atomic mass is 16.6. The number of H-pyrrole nitrogens is 3. The molecule has 5 aromatic heterocycles. The molecular formula is C68H58N16O11. The van der Waals surface area contributed by atoms with Crippen molar-refractivity contribution in [3.63, 3.8) is 0 Å². The first-order valence-corrected chi connectivity index (χ1v) is 29.1. The number of phenols is 2. The Hall–Kier alpha value is -13.3. The number of anilines is 3. The van der Waals surface area contributed by atoms with E-state index < -0.39 is 17.8 Å². The van der Waals surface area contributed by atoms with Crippen LogP contribution < -0.4 is 31.7 Å². The summed E-state index contributed by atoms with van der Waals surface area (Å²) >= 11 is 0. The van der Waals surface area contributed by atoms with Gasteiger partial charge < -0.3 is 66.1 Å². The number of amides is 4. The lowest BCUT2D eigenvalue weighted by molar-refractivity contribution is -0.156. The lowest BCUT2D eigenvalue weighted by Gasteiger charge is -2.08. The summed E-state index contributed by atoms with van der Waals surface area (Å²) in [7, 11) is 1.64. The molecule has 95 heavy (non-hydrogen) atoms. The van der Waals surface area contributed by atoms with Crippen molar-refractivity contribution < 1.29 is 52.9 Å². The van der Waals surface area contributed by atoms with Crippen LogP contribution in [0.1, 0.15) is 69.1 Å². The fourth-order valence-electron chi connectivity index (χ4n) is 9.70. The quantitative estimate of drug-likeness (QED) is 0.0249. The van der Waals surface area contributed by atoms with Gasteiger partial charge in [0.15, 0.2) is 23.6 Å². The molecule has 0 saturated carbocycles. The zero-order chi connectivity index (χ0) is 66.7. The third kappa shape index (κ3) is 15.6. The zero-order valence-corrected chi connectivity index (χ0v) is 51.1. The number of nitrogen functional groups attached to an aromatic ring is 1. The fraction of sp³-hybridized carbons (Fsp3) is 0.103. The van der Waals surface area contributed by atoms with Gasteiger partial charge in [0.1, 0.15) is 51.8 Å². The van der Waals surface area contributed by atoms with Crippen molar-refractivity contribution in [3.8, 4) is 28.8 Å². The molecule has 0 saturated heterocycles. The molecule has 0 spiro atoms. The minimum atomic E-state index is -0.562. The summed E-state index contributed by atoms with van der Waals surface area (Å²) in [6.07, 6.45) is 4.91. The summed E-state index contributed by atoms with van der Waals surface area (Å²) in [5.41, 5.74) is 17.2. The number of nitrogens with zero attached hydrogens (tertiary/aromatic N) is 8. The number of phenolic OH excluding ortho intramolecular Hbond substituents is 2. The number of hydrogen-bond donors (Lipinski definition) is 10. The fourth-order valence-corrected chi connectivity index (χ4v) is 9.70. The molecule has 0 radical (unpaired) electrons. The number of nitrogens with two attached hydrogens (primary N) is 1. The Balaban J connectivity index is 0.000000140. The predicted octanol–water partition coefficient (Wildman–Crippen LogP) is 9.50. The molecule has 0 aliphatic carbocycles. The van der Waals surface area contributed by atoms with Crippen LogP contribution in [0.2, 0.25) is 0 Å². The van der Waals surface area contributed by atoms with E-state index in [-0.39, 0.29) is 46.2 Å². The van der Waals surface area contributed by atoms with Gasteiger partial charge in [-0.15, -0.1) is 0 Å². The highest BCUT2D eigenvalue weighted by molar-refractivity contribution is 6.15. The molecule has 4 amide bonds. The van der Waals surface area contributed by atoms with Gasteiger partial charge in [-0.3, -0.25) is 43.4 Å². The maximum atomic E-state index is 13.0. The monoisotopic (exact) mass is 1270 g/mol. The average molecular weight is 1280 g/mol. The van der Waals surface area contributed by atoms with Gasteiger partial charge in [-0.1, -0.05) is 48.5 Å². The number of rotatable bonds is 11. The van der Waals surface area contributed by atoms with Crippen LogP contribution in [0, 0.1) is 0 Å². The number of aromatic nitrogens is 9. The number of carbonyl (C=O) groups is 6. The van der Waals surface area contributed by atoms with Crippen molar-refractivity contribution >= 4 is 120 Å². The van der Waals surface area contributed by atoms with Gasteiger partial charge in [-0.2, -0.15) is 5.10 Å². The summed E-state index contributed by atoms with van der Waals surface area (Å²) < 4.78 is 16.3. The number of hydrogen-bond acceptors (Lipinski definition) is 19. The molecular weight excluding hydrogens is 1220 g/mol. The summed E-state index contributed by atoms with van der Waals surface area (Å²) in [6.45, 7) is 5.01. The minimum absolute atomic E-state index is 0.0539. The summed E-state index contributed by atoms with van der Waals surface area (Å²) in [5.74, 6) is 1.54. The highest BCUT2D eigenvalue weighted by Gasteiger charge is 2.21. The Morgan fingerprint density at radius 2 is 1.07 bits per heavy atom. The van der Waals surface area contributed by atoms with Crippen LogP contribution in [0.25, 0.3) is 66.9 Å². The second-order valence-corrected chi connectivity index (χ2v) is 21.1. The Morgan fingerprint density at radius 3 is 1.60 bits per heavy atom. The van der Waals surface area contributed by atoms with Crippen molar-refractivity contribution in [3.05, 3.63) is 210 Å². The summed E-state index contributed by atoms with van der Waals surface area (Å²) in [4.78, 5) is 105. The van der Waals surface area contributed by atoms with Crippen molar-refractivity contribution in [2.75, 3.05) is 36.6 Å². The number of oxazole rings is 1. The Labute approximate surface area is 538 Å². The molecule has 0 unspecified atom stereocenters. The first-order valence-electron chi connectivity index (χ1n) is 29.1. The van der Waals surface area contributed by atoms with E-state index in [2.05, 4.69) is 71.0 Å². The number of nitrogens with one attached hydrogen (secondary N) is 7. The van der Waals surface area contributed by atoms with Crippen molar-refractivity contribution in [2.45, 2.75) is 27.3 Å². The number of para-hydroxylation sites is 6. The number of esters is 2. The van der Waals surface area contributed by atoms with E-state index in [1.54, 1.807) is 37.5 Å². The normalized spacial score (nSPS) is 12.2. The number of ether oxygens (including phenoxy) is 2. The second-order valence-electron chi connectivity index (χ2n) is 21.1. The average Bonchev–Trinajstić information content (AvgIpc) is 1.68. The number of methoxy groups -OCH3 is 1. The molecule has 0 bridgehead atoms. The number of aliphatic imine (C=N–C) groups is 2. The zero-order valence-electron chi connectivity index (χ0n) is 51.1. The van der Waals surface area contributed by atoms with E-state index in [1.807, 2.05) is 108 Å². The number of aromatic amines is 3. The van der Waals surface area contributed by atoms with Crippen LogP contribution in [0.4, 0.5) is 17.2 Å². The standard InChI is InChI=1S/C26H20N6O3.C20H17N5O3.C18H15N5O2.C4H6O3/c1-34-18-9-6-16(7-10-18)14-32-22(25-28-19-4-2-3-5-20(19)29-25)13-24(31-32)30-26(33)17-8-11-23-21(12-17)27-15-35-23;1-11(26)22-16-8-12(6-7-17(16)27)20(28)25-18-9-13(10-21-18)19-23-14-4-2-3-5-15(14)24-19;19-12-7-10(5-6-15(12)24)18(25)23-16-8-11(9-20-16)17-21-13-3-1-2-4-14(13)22-17;1-3(5)7-4(2)6/h2-13,15H,14H2,1H3,(H,28,29)(H,30,31,33);2-9,27H,10H2,1H3,(H,22,26)(H,23,24)(H,21,25,28);1-8,24H,9,19H2,(H,21,22)(H,20,23,25);1-2H3. The highest BCUT2D eigenvalue weighted by Crippen LogP contribution is 2.29. The van der Waals surface area contributed by atoms with Gasteiger partial charge in [-0.05, 0) is 121 Å². The van der Waals surface area contributed by atoms with E-state index in [0.717, 1.165) is 67.1 Å². The lowest BCUT2D eigenvalue weighted by atomic mass is 10.1. The molecule has 0 atom stereocenters. The topological polar surface area (TPSA) is 390 Å². The van der Waals surface area contributed by atoms with Gasteiger partial charge in [-0.25, -0.2) is 19.9 Å². The molecule has 476 valence electrons. The van der Waals surface area contributed by atoms with E-state index in [1.165, 1.54) is 63.6 Å². The van der Waals surface area contributed by atoms with Crippen molar-refractivity contribution in [1.29, 1.82) is 0 Å². The molecule has 0 fully saturated rings. The summed E-state index contributed by atoms with van der Waals surface area (Å²) in [5, 5.41) is 34.7. The number of imidazole rings is 3. The molecule has 11 N–H and O–H groups in total. The van der Waals surface area contributed by atoms with E-state index >= 15 is 0 Å². The molecule has 14 rings (SSSR count). The molecule has 7 heterocycles. The van der Waals surface area contributed by atoms with Gasteiger partial charge in [0, 0.05) is 54.7 Å². The molecule has 12 aromatic rings. The third-order valence-corrected chi connectivity index (χ3v) is 14.2. The SMILES string of the molecule is CC(=O)Nc1cc(C(=O)NC2=NCC(c3nc4ccccc4[nH]3)=C2)ccc1O.CC(=O)OC(C)=O.COc1ccc(Cn2nc(NC(=O)c3ccc4ocnc4c3)cc2-c2nc3ccccc3[nH]2)cc1.Nc1cc(C(=O)NC2=NCC(c3nc4ccccc4[nH]3)=C2)ccc1O. The van der Waals surface area contributed by atoms with Gasteiger partial charge in [0.2, 0.25) is 5.91 Å². The smallest absolute Gasteiger partial charge is 0.310 e. The van der Waals surface area contributed by atoms with E-state index in [4.69, 9.17) is 19.9 Å². The summed E-state index contributed by atoms with van der Waals surface area (Å²) in [6, 6.07) is 46.5. The number of fused-ring (bicyclic) bond motifs is 4. The third-order valence-electron chi connectivity index (χ3n) is 14.2. The lowest BCUT2D eigenvalue weighted by Crippen LogP contribution is -2.28. The molecule has 7 aromatic carbocycles. The molecule has 27 heteroatoms. The largest absolute Gasteiger partial charge is 0.506 e. The molecule has 27 nitrogen and oxygen atoms in total. The Kier molecular flexibility index (Phi) is 18.8. The maximum Gasteiger partial charge on any atom is 0.310 e. The second kappa shape index (κ2) is 28.2. The van der Waals surface area contributed by atoms with Crippen LogP contribution in [0.15, 0.2) is 191 Å². The van der Waals surface area contributed by atoms with Crippen LogP contribution in [0.5, 0.6) is 17.2 Å². The van der Waals surface area contributed by atoms with Crippen LogP contribution >= 0.6 is 0 Å². The van der Waals surface area contributed by atoms with E-state index in [0.29, 0.717) is 71.0 Å². The minimum Gasteiger partial charge on any atom is -0.506 e. The molecule has 2 aliphatic heterocycles. The Morgan fingerprint density at radius 1 is 0.568 bits per heavy atom. The molecule has 2 aliphatic rings. The van der Waals surface area contributed by atoms with Crippen molar-refractivity contribution in [1.82, 2.24) is 55.3 Å². The van der Waals surface area contributed by atoms with E-state index in [9.17, 15) is 39.0 Å². The maximum absolute atomic E-state index is 13.0. The first-order chi connectivity index (χ1) is 45.9. The number of aromatic hydroxyl groups is 2. The predicted molar refractivity (Wildman–Crippen MR) is 356 cm³/mol. The van der Waals surface area contributed by atoms with Gasteiger partial charge >= 0.3 is 11.9 Å². The van der Waals surface area contributed by atoms with Crippen LogP contribution in [-0.2, 0) is 25.7 Å². The number of amidine groups is 2. The van der Waals surface area contributed by atoms with Crippen LogP contribution in [-0.4, -0.2) is 122 Å². The van der Waals surface area contributed by atoms with Crippen LogP contribution in [0.3, 0.4) is 0 Å². The van der Waals surface area contributed by atoms with Gasteiger partial charge in [0.05, 0.1) is 71.2 Å². The number of carbonyl (C=O) groups excluding carboxylic acids is 6. The van der Waals surface area contributed by atoms with Crippen molar-refractivity contribution in [2.24, 2.45) is 9.98 Å².